The maximum absolute atomic E-state index is 12.3. The van der Waals surface area contributed by atoms with E-state index in [0.717, 1.165) is 43.0 Å². The second-order valence-electron chi connectivity index (χ2n) is 6.60. The van der Waals surface area contributed by atoms with Gasteiger partial charge in [0.25, 0.3) is 0 Å². The van der Waals surface area contributed by atoms with Crippen LogP contribution in [0.1, 0.15) is 30.6 Å². The van der Waals surface area contributed by atoms with Gasteiger partial charge in [0.1, 0.15) is 17.4 Å². The van der Waals surface area contributed by atoms with Crippen molar-refractivity contribution in [2.75, 3.05) is 13.6 Å². The quantitative estimate of drug-likeness (QED) is 0.837. The summed E-state index contributed by atoms with van der Waals surface area (Å²) in [5.41, 5.74) is 1.09. The number of amides is 2. The molecule has 2 aromatic rings. The minimum absolute atomic E-state index is 0.0573. The number of nitrogens with zero attached hydrogens (tertiary/aromatic N) is 4. The van der Waals surface area contributed by atoms with Crippen LogP contribution in [0.4, 0.5) is 4.79 Å². The number of fused-ring (bicyclic) bond motifs is 1. The van der Waals surface area contributed by atoms with Gasteiger partial charge in [-0.15, -0.1) is 10.2 Å². The van der Waals surface area contributed by atoms with Crippen molar-refractivity contribution in [3.8, 4) is 5.75 Å². The molecule has 0 radical (unpaired) electrons. The highest BCUT2D eigenvalue weighted by molar-refractivity contribution is 5.74. The van der Waals surface area contributed by atoms with Crippen molar-refractivity contribution in [1.29, 1.82) is 0 Å². The van der Waals surface area contributed by atoms with Gasteiger partial charge in [0.15, 0.2) is 0 Å². The predicted molar refractivity (Wildman–Crippen MR) is 94.5 cm³/mol. The number of hydrogen-bond donors (Lipinski definition) is 2. The average molecular weight is 343 g/mol. The number of urea groups is 1. The first kappa shape index (κ1) is 17.3. The first-order valence-corrected chi connectivity index (χ1v) is 8.74. The summed E-state index contributed by atoms with van der Waals surface area (Å²) in [6, 6.07) is 7.06. The second kappa shape index (κ2) is 7.55. The van der Waals surface area contributed by atoms with Crippen LogP contribution in [0.15, 0.2) is 24.3 Å². The molecule has 2 N–H and O–H groups in total. The Morgan fingerprint density at radius 2 is 2.12 bits per heavy atom. The van der Waals surface area contributed by atoms with Crippen LogP contribution in [0.5, 0.6) is 5.75 Å². The van der Waals surface area contributed by atoms with Gasteiger partial charge in [-0.05, 0) is 37.5 Å². The molecule has 1 aliphatic rings. The zero-order valence-electron chi connectivity index (χ0n) is 14.8. The van der Waals surface area contributed by atoms with E-state index >= 15 is 0 Å². The van der Waals surface area contributed by atoms with Gasteiger partial charge >= 0.3 is 6.03 Å². The lowest BCUT2D eigenvalue weighted by Crippen LogP contribution is -2.43. The summed E-state index contributed by atoms with van der Waals surface area (Å²) in [5, 5.41) is 20.7. The molecule has 1 aromatic carbocycles. The van der Waals surface area contributed by atoms with Gasteiger partial charge in [-0.2, -0.15) is 0 Å². The van der Waals surface area contributed by atoms with Crippen LogP contribution in [0.25, 0.3) is 0 Å². The topological polar surface area (TPSA) is 83.3 Å². The number of aromatic hydroxyl groups is 1. The Kier molecular flexibility index (Phi) is 5.21. The van der Waals surface area contributed by atoms with E-state index in [9.17, 15) is 9.90 Å². The number of phenols is 1. The van der Waals surface area contributed by atoms with Gasteiger partial charge in [-0.3, -0.25) is 0 Å². The molecule has 1 aromatic heterocycles. The normalized spacial score (nSPS) is 14.2. The van der Waals surface area contributed by atoms with E-state index in [1.165, 1.54) is 0 Å². The third kappa shape index (κ3) is 4.10. The number of rotatable bonds is 6. The summed E-state index contributed by atoms with van der Waals surface area (Å²) >= 11 is 0. The molecule has 3 rings (SSSR count). The molecule has 1 unspecified atom stereocenters. The van der Waals surface area contributed by atoms with E-state index < -0.39 is 0 Å². The summed E-state index contributed by atoms with van der Waals surface area (Å²) < 4.78 is 2.16. The molecule has 2 amide bonds. The Morgan fingerprint density at radius 1 is 1.36 bits per heavy atom. The molecule has 25 heavy (non-hydrogen) atoms. The smallest absolute Gasteiger partial charge is 0.317 e. The highest BCUT2D eigenvalue weighted by atomic mass is 16.3. The van der Waals surface area contributed by atoms with Gasteiger partial charge in [-0.1, -0.05) is 12.1 Å². The van der Waals surface area contributed by atoms with Gasteiger partial charge in [0.2, 0.25) is 0 Å². The minimum atomic E-state index is -0.0903. The summed E-state index contributed by atoms with van der Waals surface area (Å²) in [4.78, 5) is 14.0. The third-order valence-corrected chi connectivity index (χ3v) is 4.76. The van der Waals surface area contributed by atoms with Crippen molar-refractivity contribution in [3.63, 3.8) is 0 Å². The van der Waals surface area contributed by atoms with Crippen molar-refractivity contribution in [2.24, 2.45) is 0 Å². The van der Waals surface area contributed by atoms with E-state index in [1.54, 1.807) is 24.1 Å². The van der Waals surface area contributed by atoms with Crippen molar-refractivity contribution in [3.05, 3.63) is 41.5 Å². The Morgan fingerprint density at radius 3 is 2.88 bits per heavy atom. The molecular weight excluding hydrogens is 318 g/mol. The Labute approximate surface area is 147 Å². The molecular formula is C18H25N5O2. The summed E-state index contributed by atoms with van der Waals surface area (Å²) in [7, 11) is 1.80. The lowest BCUT2D eigenvalue weighted by molar-refractivity contribution is 0.194. The van der Waals surface area contributed by atoms with Crippen LogP contribution < -0.4 is 5.32 Å². The van der Waals surface area contributed by atoms with Crippen molar-refractivity contribution in [2.45, 2.75) is 45.2 Å². The van der Waals surface area contributed by atoms with Crippen LogP contribution in [0, 0.1) is 0 Å². The van der Waals surface area contributed by atoms with Crippen LogP contribution in [0.3, 0.4) is 0 Å². The fourth-order valence-corrected chi connectivity index (χ4v) is 3.11. The Balaban J connectivity index is 1.46. The molecule has 0 bridgehead atoms. The highest BCUT2D eigenvalue weighted by Crippen LogP contribution is 2.14. The first-order valence-electron chi connectivity index (χ1n) is 8.74. The number of phenolic OH excluding ortho intramolecular Hbond substituents is 1. The number of nitrogens with one attached hydrogen (secondary N) is 1. The molecule has 0 aliphatic carbocycles. The van der Waals surface area contributed by atoms with E-state index in [0.29, 0.717) is 13.0 Å². The number of benzene rings is 1. The van der Waals surface area contributed by atoms with Gasteiger partial charge in [0.05, 0.1) is 0 Å². The van der Waals surface area contributed by atoms with Crippen molar-refractivity contribution < 1.29 is 9.90 Å². The maximum atomic E-state index is 12.3. The molecule has 0 fully saturated rings. The summed E-state index contributed by atoms with van der Waals surface area (Å²) in [6.07, 6.45) is 3.55. The monoisotopic (exact) mass is 343 g/mol. The highest BCUT2D eigenvalue weighted by Gasteiger charge is 2.18. The molecule has 0 saturated heterocycles. The Hall–Kier alpha value is -2.57. The minimum Gasteiger partial charge on any atom is -0.508 e. The molecule has 2 heterocycles. The molecule has 7 nitrogen and oxygen atoms in total. The molecule has 7 heteroatoms. The maximum Gasteiger partial charge on any atom is 0.317 e. The second-order valence-corrected chi connectivity index (χ2v) is 6.60. The zero-order chi connectivity index (χ0) is 17.8. The van der Waals surface area contributed by atoms with Gasteiger partial charge in [-0.25, -0.2) is 4.79 Å². The van der Waals surface area contributed by atoms with Gasteiger partial charge < -0.3 is 19.9 Å². The summed E-state index contributed by atoms with van der Waals surface area (Å²) in [6.45, 7) is 3.54. The number of carbonyl (C=O) groups is 1. The van der Waals surface area contributed by atoms with Crippen LogP contribution in [-0.2, 0) is 25.8 Å². The standard InChI is InChI=1S/C18H25N5O2/c1-13(12-14-5-7-15(24)8-6-14)22(2)18(25)19-10-9-17-21-20-16-4-3-11-23(16)17/h5-8,13,24H,3-4,9-12H2,1-2H3,(H,19,25). The largest absolute Gasteiger partial charge is 0.508 e. The first-order chi connectivity index (χ1) is 12.0. The molecule has 1 aliphatic heterocycles. The number of likely N-dealkylation sites (N-methyl/N-ethyl adjacent to an activating group) is 1. The lowest BCUT2D eigenvalue weighted by Gasteiger charge is -2.25. The predicted octanol–water partition coefficient (Wildman–Crippen LogP) is 1.74. The number of aryl methyl sites for hydroxylation is 1. The van der Waals surface area contributed by atoms with Crippen LogP contribution >= 0.6 is 0 Å². The van der Waals surface area contributed by atoms with Crippen LogP contribution in [-0.4, -0.2) is 50.4 Å². The lowest BCUT2D eigenvalue weighted by atomic mass is 10.1. The van der Waals surface area contributed by atoms with E-state index in [1.807, 2.05) is 19.1 Å². The van der Waals surface area contributed by atoms with Crippen LogP contribution in [0.2, 0.25) is 0 Å². The molecule has 1 atom stereocenters. The SMILES string of the molecule is CC(Cc1ccc(O)cc1)N(C)C(=O)NCCc1nnc2n1CCC2. The number of carbonyl (C=O) groups excluding carboxylic acids is 1. The fraction of sp³-hybridized carbons (Fsp3) is 0.500. The van der Waals surface area contributed by atoms with Gasteiger partial charge in [0, 0.05) is 39.0 Å². The number of aromatic nitrogens is 3. The molecule has 0 saturated carbocycles. The van der Waals surface area contributed by atoms with E-state index in [2.05, 4.69) is 20.1 Å². The van der Waals surface area contributed by atoms with Crippen molar-refractivity contribution >= 4 is 6.03 Å². The molecule has 0 spiro atoms. The number of hydrogen-bond acceptors (Lipinski definition) is 4. The van der Waals surface area contributed by atoms with Crippen molar-refractivity contribution in [1.82, 2.24) is 25.0 Å². The van der Waals surface area contributed by atoms with E-state index in [4.69, 9.17) is 0 Å². The average Bonchev–Trinajstić information content (AvgIpc) is 3.20. The third-order valence-electron chi connectivity index (χ3n) is 4.76. The van der Waals surface area contributed by atoms with E-state index in [-0.39, 0.29) is 17.8 Å². The Bertz CT molecular complexity index is 726. The summed E-state index contributed by atoms with van der Waals surface area (Å²) in [5.74, 6) is 2.26. The molecule has 134 valence electrons. The fourth-order valence-electron chi connectivity index (χ4n) is 3.11. The zero-order valence-corrected chi connectivity index (χ0v) is 14.8.